The number of hydrogen-bond acceptors (Lipinski definition) is 8. The van der Waals surface area contributed by atoms with Crippen LogP contribution in [-0.4, -0.2) is 92.8 Å². The number of anilines is 3. The number of amides is 1. The number of fused-ring (bicyclic) bond motifs is 1. The lowest BCUT2D eigenvalue weighted by molar-refractivity contribution is -0.125. The summed E-state index contributed by atoms with van der Waals surface area (Å²) in [5.74, 6) is -1.94. The SMILES string of the molecule is C=CC(=O)N1CCC(n2cnc3cnc(Nc4ccc(N5CCN(CCO)CC5)c(F)c4F)nc32)C1. The fraction of sp³-hybridized carbons (Fsp3) is 0.417. The molecule has 5 rings (SSSR count). The van der Waals surface area contributed by atoms with Crippen molar-refractivity contribution in [3.8, 4) is 0 Å². The fourth-order valence-corrected chi connectivity index (χ4v) is 4.81. The molecule has 2 aromatic heterocycles. The van der Waals surface area contributed by atoms with E-state index >= 15 is 4.39 Å². The van der Waals surface area contributed by atoms with E-state index in [9.17, 15) is 9.18 Å². The Hall–Kier alpha value is -3.64. The molecule has 2 aliphatic rings. The maximum Gasteiger partial charge on any atom is 0.246 e. The Balaban J connectivity index is 1.33. The molecule has 1 unspecified atom stereocenters. The summed E-state index contributed by atoms with van der Waals surface area (Å²) in [6.45, 7) is 7.74. The summed E-state index contributed by atoms with van der Waals surface area (Å²) in [5.41, 5.74) is 1.25. The first-order chi connectivity index (χ1) is 17.5. The van der Waals surface area contributed by atoms with Crippen LogP contribution in [0.15, 0.2) is 37.3 Å². The Labute approximate surface area is 206 Å². The van der Waals surface area contributed by atoms with E-state index < -0.39 is 11.6 Å². The Morgan fingerprint density at radius 3 is 2.72 bits per heavy atom. The second-order valence-electron chi connectivity index (χ2n) is 8.92. The number of halogens is 2. The van der Waals surface area contributed by atoms with Crippen LogP contribution < -0.4 is 10.2 Å². The van der Waals surface area contributed by atoms with Crippen molar-refractivity contribution in [2.75, 3.05) is 62.6 Å². The number of likely N-dealkylation sites (tertiary alicyclic amines) is 1. The molecule has 3 aromatic rings. The Kier molecular flexibility index (Phi) is 6.79. The third kappa shape index (κ3) is 4.61. The van der Waals surface area contributed by atoms with E-state index in [4.69, 9.17) is 5.11 Å². The van der Waals surface area contributed by atoms with E-state index in [0.29, 0.717) is 57.0 Å². The Bertz CT molecular complexity index is 1270. The number of benzene rings is 1. The van der Waals surface area contributed by atoms with Crippen molar-refractivity contribution < 1.29 is 18.7 Å². The zero-order valence-corrected chi connectivity index (χ0v) is 19.8. The van der Waals surface area contributed by atoms with Crippen LogP contribution >= 0.6 is 0 Å². The highest BCUT2D eigenvalue weighted by atomic mass is 19.2. The first-order valence-corrected chi connectivity index (χ1v) is 11.9. The van der Waals surface area contributed by atoms with Crippen molar-refractivity contribution >= 4 is 34.4 Å². The molecule has 1 aromatic carbocycles. The minimum Gasteiger partial charge on any atom is -0.395 e. The predicted molar refractivity (Wildman–Crippen MR) is 131 cm³/mol. The number of aliphatic hydroxyl groups is 1. The second-order valence-corrected chi connectivity index (χ2v) is 8.92. The molecule has 190 valence electrons. The highest BCUT2D eigenvalue weighted by Gasteiger charge is 2.28. The monoisotopic (exact) mass is 498 g/mol. The molecule has 2 aliphatic heterocycles. The molecule has 36 heavy (non-hydrogen) atoms. The highest BCUT2D eigenvalue weighted by molar-refractivity contribution is 5.87. The molecular formula is C24H28F2N8O2. The first-order valence-electron chi connectivity index (χ1n) is 11.9. The van der Waals surface area contributed by atoms with Crippen LogP contribution in [0.3, 0.4) is 0 Å². The summed E-state index contributed by atoms with van der Waals surface area (Å²) in [6, 6.07) is 3.02. The van der Waals surface area contributed by atoms with Gasteiger partial charge in [0, 0.05) is 45.8 Å². The van der Waals surface area contributed by atoms with Gasteiger partial charge in [0.15, 0.2) is 17.3 Å². The van der Waals surface area contributed by atoms with Crippen molar-refractivity contribution in [1.82, 2.24) is 29.3 Å². The minimum absolute atomic E-state index is 0.00652. The number of β-amino-alcohol motifs (C(OH)–C–C–N with tert-alkyl or cyclic N) is 1. The number of aliphatic hydroxyl groups excluding tert-OH is 1. The maximum atomic E-state index is 15.0. The molecule has 2 N–H and O–H groups in total. The van der Waals surface area contributed by atoms with Crippen LogP contribution in [0.2, 0.25) is 0 Å². The molecule has 0 bridgehead atoms. The average molecular weight is 499 g/mol. The van der Waals surface area contributed by atoms with Crippen molar-refractivity contribution in [3.05, 3.63) is 48.9 Å². The highest BCUT2D eigenvalue weighted by Crippen LogP contribution is 2.30. The lowest BCUT2D eigenvalue weighted by atomic mass is 10.2. The van der Waals surface area contributed by atoms with Crippen LogP contribution in [0.25, 0.3) is 11.2 Å². The Morgan fingerprint density at radius 1 is 1.17 bits per heavy atom. The summed E-state index contributed by atoms with van der Waals surface area (Å²) in [5, 5.41) is 11.9. The van der Waals surface area contributed by atoms with Gasteiger partial charge < -0.3 is 24.8 Å². The van der Waals surface area contributed by atoms with Crippen molar-refractivity contribution in [3.63, 3.8) is 0 Å². The summed E-state index contributed by atoms with van der Waals surface area (Å²) in [4.78, 5) is 30.6. The maximum absolute atomic E-state index is 15.0. The molecule has 0 radical (unpaired) electrons. The topological polar surface area (TPSA) is 103 Å². The van der Waals surface area contributed by atoms with E-state index in [2.05, 4.69) is 31.7 Å². The van der Waals surface area contributed by atoms with Crippen molar-refractivity contribution in [2.24, 2.45) is 0 Å². The zero-order valence-electron chi connectivity index (χ0n) is 19.8. The molecular weight excluding hydrogens is 470 g/mol. The van der Waals surface area contributed by atoms with Gasteiger partial charge >= 0.3 is 0 Å². The van der Waals surface area contributed by atoms with E-state index in [-0.39, 0.29) is 35.9 Å². The Morgan fingerprint density at radius 2 is 1.97 bits per heavy atom. The van der Waals surface area contributed by atoms with Gasteiger partial charge in [-0.1, -0.05) is 6.58 Å². The fourth-order valence-electron chi connectivity index (χ4n) is 4.81. The van der Waals surface area contributed by atoms with Gasteiger partial charge in [-0.15, -0.1) is 0 Å². The minimum atomic E-state index is -1.00. The third-order valence-corrected chi connectivity index (χ3v) is 6.80. The smallest absolute Gasteiger partial charge is 0.246 e. The lowest BCUT2D eigenvalue weighted by Gasteiger charge is -2.36. The number of carbonyl (C=O) groups excluding carboxylic acids is 1. The number of piperazine rings is 1. The van der Waals surface area contributed by atoms with Gasteiger partial charge in [-0.25, -0.2) is 18.7 Å². The second kappa shape index (κ2) is 10.2. The van der Waals surface area contributed by atoms with E-state index in [0.717, 1.165) is 6.42 Å². The first kappa shape index (κ1) is 24.1. The van der Waals surface area contributed by atoms with Gasteiger partial charge in [0.1, 0.15) is 5.52 Å². The van der Waals surface area contributed by atoms with Gasteiger partial charge in [0.05, 0.1) is 36.5 Å². The van der Waals surface area contributed by atoms with Crippen LogP contribution in [-0.2, 0) is 4.79 Å². The van der Waals surface area contributed by atoms with Crippen LogP contribution in [0.5, 0.6) is 0 Å². The molecule has 4 heterocycles. The molecule has 1 amide bonds. The average Bonchev–Trinajstić information content (AvgIpc) is 3.54. The van der Waals surface area contributed by atoms with Crippen LogP contribution in [0.1, 0.15) is 12.5 Å². The van der Waals surface area contributed by atoms with Gasteiger partial charge in [-0.2, -0.15) is 4.98 Å². The number of carbonyl (C=O) groups is 1. The lowest BCUT2D eigenvalue weighted by Crippen LogP contribution is -2.47. The molecule has 0 spiro atoms. The molecule has 12 heteroatoms. The molecule has 0 saturated carbocycles. The van der Waals surface area contributed by atoms with Gasteiger partial charge in [-0.05, 0) is 24.6 Å². The number of hydrogen-bond donors (Lipinski definition) is 2. The van der Waals surface area contributed by atoms with E-state index in [1.165, 1.54) is 18.3 Å². The number of rotatable bonds is 7. The van der Waals surface area contributed by atoms with Crippen LogP contribution in [0, 0.1) is 11.6 Å². The molecule has 0 aliphatic carbocycles. The van der Waals surface area contributed by atoms with Gasteiger partial charge in [0.25, 0.3) is 0 Å². The number of imidazole rings is 1. The zero-order chi connectivity index (χ0) is 25.2. The quantitative estimate of drug-likeness (QED) is 0.477. The van der Waals surface area contributed by atoms with Crippen molar-refractivity contribution in [1.29, 1.82) is 0 Å². The molecule has 1 atom stereocenters. The standard InChI is InChI=1S/C24H28F2N8O2/c1-2-20(36)33-6-5-16(14-33)34-15-28-18-13-27-24(30-23(18)34)29-17-3-4-19(22(26)21(17)25)32-9-7-31(8-10-32)11-12-35/h2-4,13,15-16,35H,1,5-12,14H2,(H,27,29,30). The molecule has 10 nitrogen and oxygen atoms in total. The summed E-state index contributed by atoms with van der Waals surface area (Å²) in [6.07, 6.45) is 5.23. The summed E-state index contributed by atoms with van der Waals surface area (Å²) in [7, 11) is 0. The number of nitrogens with zero attached hydrogens (tertiary/aromatic N) is 7. The van der Waals surface area contributed by atoms with Gasteiger partial charge in [0.2, 0.25) is 11.9 Å². The van der Waals surface area contributed by atoms with Crippen molar-refractivity contribution in [2.45, 2.75) is 12.5 Å². The predicted octanol–water partition coefficient (Wildman–Crippen LogP) is 1.92. The largest absolute Gasteiger partial charge is 0.395 e. The molecule has 2 fully saturated rings. The number of aromatic nitrogens is 4. The number of nitrogens with one attached hydrogen (secondary N) is 1. The summed E-state index contributed by atoms with van der Waals surface area (Å²) >= 11 is 0. The van der Waals surface area contributed by atoms with Gasteiger partial charge in [-0.3, -0.25) is 9.69 Å². The van der Waals surface area contributed by atoms with E-state index in [1.54, 1.807) is 22.2 Å². The molecule has 2 saturated heterocycles. The van der Waals surface area contributed by atoms with E-state index in [1.807, 2.05) is 4.57 Å². The van der Waals surface area contributed by atoms with Crippen LogP contribution in [0.4, 0.5) is 26.1 Å². The summed E-state index contributed by atoms with van der Waals surface area (Å²) < 4.78 is 31.9. The third-order valence-electron chi connectivity index (χ3n) is 6.80. The normalized spacial score (nSPS) is 18.7.